The molecule has 0 fully saturated rings. The monoisotopic (exact) mass is 454 g/mol. The van der Waals surface area contributed by atoms with Crippen LogP contribution in [0.3, 0.4) is 0 Å². The van der Waals surface area contributed by atoms with Gasteiger partial charge in [-0.2, -0.15) is 0 Å². The molecule has 168 valence electrons. The predicted molar refractivity (Wildman–Crippen MR) is 125 cm³/mol. The molecule has 0 aromatic heterocycles. The minimum Gasteiger partial charge on any atom is -0.493 e. The van der Waals surface area contributed by atoms with Crippen molar-refractivity contribution in [3.05, 3.63) is 83.4 Å². The summed E-state index contributed by atoms with van der Waals surface area (Å²) in [6.07, 6.45) is -0.382. The van der Waals surface area contributed by atoms with Crippen LogP contribution >= 0.6 is 11.6 Å². The Morgan fingerprint density at radius 3 is 2.31 bits per heavy atom. The Morgan fingerprint density at radius 2 is 1.62 bits per heavy atom. The lowest BCUT2D eigenvalue weighted by molar-refractivity contribution is -0.152. The summed E-state index contributed by atoms with van der Waals surface area (Å²) in [7, 11) is 0. The minimum absolute atomic E-state index is 0.135. The van der Waals surface area contributed by atoms with Crippen molar-refractivity contribution in [2.24, 2.45) is 0 Å². The van der Waals surface area contributed by atoms with Crippen molar-refractivity contribution < 1.29 is 24.1 Å². The number of hydrogen-bond donors (Lipinski definition) is 1. The Kier molecular flexibility index (Phi) is 8.96. The molecule has 0 aliphatic heterocycles. The van der Waals surface area contributed by atoms with Crippen molar-refractivity contribution in [3.63, 3.8) is 0 Å². The van der Waals surface area contributed by atoms with Gasteiger partial charge in [-0.3, -0.25) is 0 Å². The van der Waals surface area contributed by atoms with E-state index >= 15 is 0 Å². The predicted octanol–water partition coefficient (Wildman–Crippen LogP) is 5.32. The molecule has 3 rings (SSSR count). The van der Waals surface area contributed by atoms with Crippen LogP contribution in [0.5, 0.6) is 11.5 Å². The molecule has 1 N–H and O–H groups in total. The van der Waals surface area contributed by atoms with Gasteiger partial charge in [0.25, 0.3) is 0 Å². The van der Waals surface area contributed by atoms with Crippen molar-refractivity contribution in [1.82, 2.24) is 0 Å². The molecule has 3 aromatic rings. The zero-order valence-corrected chi connectivity index (χ0v) is 18.8. The molecule has 0 bridgehead atoms. The van der Waals surface area contributed by atoms with E-state index in [-0.39, 0.29) is 13.0 Å². The molecule has 0 spiro atoms. The lowest BCUT2D eigenvalue weighted by Gasteiger charge is -2.12. The Labute approximate surface area is 193 Å². The summed E-state index contributed by atoms with van der Waals surface area (Å²) >= 11 is 6.27. The van der Waals surface area contributed by atoms with Crippen LogP contribution in [0.2, 0.25) is 5.02 Å². The van der Waals surface area contributed by atoms with Gasteiger partial charge in [-0.1, -0.05) is 60.1 Å². The van der Waals surface area contributed by atoms with Gasteiger partial charge in [0, 0.05) is 12.8 Å². The standard InChI is InChI=1S/C26H27ClO5/c1-2-30-26(29)24(28)18-19-9-14-25(23(27)17-19)32-16-6-15-31-22-12-10-21(11-13-22)20-7-4-3-5-8-20/h3-5,7-14,17,24,28H,2,6,15-16,18H2,1H3/t24-/m0/s1. The van der Waals surface area contributed by atoms with Crippen LogP contribution in [0.1, 0.15) is 18.9 Å². The van der Waals surface area contributed by atoms with Crippen LogP contribution in [0.4, 0.5) is 0 Å². The number of benzene rings is 3. The van der Waals surface area contributed by atoms with Crippen molar-refractivity contribution in [3.8, 4) is 22.6 Å². The summed E-state index contributed by atoms with van der Waals surface area (Å²) in [5.41, 5.74) is 3.05. The lowest BCUT2D eigenvalue weighted by Crippen LogP contribution is -2.25. The van der Waals surface area contributed by atoms with Crippen LogP contribution < -0.4 is 9.47 Å². The van der Waals surface area contributed by atoms with Crippen molar-refractivity contribution in [2.45, 2.75) is 25.9 Å². The first-order valence-electron chi connectivity index (χ1n) is 10.6. The van der Waals surface area contributed by atoms with Crippen LogP contribution in [-0.2, 0) is 16.0 Å². The maximum absolute atomic E-state index is 11.5. The molecule has 0 aliphatic rings. The number of halogens is 1. The molecule has 0 aliphatic carbocycles. The third-order valence-corrected chi connectivity index (χ3v) is 5.06. The highest BCUT2D eigenvalue weighted by molar-refractivity contribution is 6.32. The van der Waals surface area contributed by atoms with E-state index in [1.54, 1.807) is 25.1 Å². The third-order valence-electron chi connectivity index (χ3n) is 4.76. The second-order valence-corrected chi connectivity index (χ2v) is 7.58. The van der Waals surface area contributed by atoms with E-state index in [1.807, 2.05) is 42.5 Å². The van der Waals surface area contributed by atoms with E-state index in [0.717, 1.165) is 16.9 Å². The zero-order valence-electron chi connectivity index (χ0n) is 18.0. The van der Waals surface area contributed by atoms with Gasteiger partial charge in [-0.15, -0.1) is 0 Å². The average Bonchev–Trinajstić information content (AvgIpc) is 2.81. The molecule has 0 radical (unpaired) electrons. The summed E-state index contributed by atoms with van der Waals surface area (Å²) in [5, 5.41) is 10.3. The minimum atomic E-state index is -1.21. The highest BCUT2D eigenvalue weighted by Crippen LogP contribution is 2.26. The van der Waals surface area contributed by atoms with E-state index in [2.05, 4.69) is 12.1 Å². The summed E-state index contributed by atoms with van der Waals surface area (Å²) in [5.74, 6) is 0.721. The van der Waals surface area contributed by atoms with E-state index < -0.39 is 12.1 Å². The van der Waals surface area contributed by atoms with Gasteiger partial charge in [0.1, 0.15) is 11.5 Å². The van der Waals surface area contributed by atoms with Crippen molar-refractivity contribution >= 4 is 17.6 Å². The quantitative estimate of drug-likeness (QED) is 0.313. The number of aliphatic hydroxyl groups is 1. The molecule has 6 heteroatoms. The summed E-state index contributed by atoms with van der Waals surface area (Å²) < 4.78 is 16.3. The number of rotatable bonds is 11. The van der Waals surface area contributed by atoms with Gasteiger partial charge in [0.05, 0.1) is 24.8 Å². The number of ether oxygens (including phenoxy) is 3. The molecule has 0 saturated carbocycles. The first-order chi connectivity index (χ1) is 15.6. The highest BCUT2D eigenvalue weighted by atomic mass is 35.5. The first kappa shape index (κ1) is 23.6. The topological polar surface area (TPSA) is 65.0 Å². The van der Waals surface area contributed by atoms with Gasteiger partial charge >= 0.3 is 5.97 Å². The molecule has 3 aromatic carbocycles. The third kappa shape index (κ3) is 7.01. The summed E-state index contributed by atoms with van der Waals surface area (Å²) in [4.78, 5) is 11.5. The molecule has 0 amide bonds. The fourth-order valence-corrected chi connectivity index (χ4v) is 3.40. The van der Waals surface area contributed by atoms with Gasteiger partial charge in [-0.05, 0) is 47.9 Å². The molecule has 1 atom stereocenters. The van der Waals surface area contributed by atoms with Crippen LogP contribution in [-0.4, -0.2) is 37.0 Å². The number of aliphatic hydroxyl groups excluding tert-OH is 1. The Hall–Kier alpha value is -3.02. The van der Waals surface area contributed by atoms with Gasteiger partial charge in [0.15, 0.2) is 6.10 Å². The zero-order chi connectivity index (χ0) is 22.8. The second kappa shape index (κ2) is 12.1. The normalized spacial score (nSPS) is 11.6. The Balaban J connectivity index is 1.40. The summed E-state index contributed by atoms with van der Waals surface area (Å²) in [6.45, 7) is 2.89. The average molecular weight is 455 g/mol. The fourth-order valence-electron chi connectivity index (χ4n) is 3.14. The number of carbonyl (C=O) groups is 1. The van der Waals surface area contributed by atoms with E-state index in [0.29, 0.717) is 30.4 Å². The molecule has 0 unspecified atom stereocenters. The van der Waals surface area contributed by atoms with Crippen molar-refractivity contribution in [2.75, 3.05) is 19.8 Å². The molecule has 32 heavy (non-hydrogen) atoms. The van der Waals surface area contributed by atoms with E-state index in [9.17, 15) is 9.90 Å². The summed E-state index contributed by atoms with van der Waals surface area (Å²) in [6, 6.07) is 23.4. The fraction of sp³-hybridized carbons (Fsp3) is 0.269. The first-order valence-corrected chi connectivity index (χ1v) is 11.0. The molecular weight excluding hydrogens is 428 g/mol. The molecular formula is C26H27ClO5. The maximum atomic E-state index is 11.5. The smallest absolute Gasteiger partial charge is 0.335 e. The van der Waals surface area contributed by atoms with E-state index in [1.165, 1.54) is 5.56 Å². The number of hydrogen-bond acceptors (Lipinski definition) is 5. The Morgan fingerprint density at radius 1 is 0.938 bits per heavy atom. The number of carbonyl (C=O) groups excluding carboxylic acids is 1. The lowest BCUT2D eigenvalue weighted by atomic mass is 10.1. The number of esters is 1. The van der Waals surface area contributed by atoms with Crippen molar-refractivity contribution in [1.29, 1.82) is 0 Å². The SMILES string of the molecule is CCOC(=O)[C@@H](O)Cc1ccc(OCCCOc2ccc(-c3ccccc3)cc2)c(Cl)c1. The van der Waals surface area contributed by atoms with Gasteiger partial charge in [0.2, 0.25) is 0 Å². The Bertz CT molecular complexity index is 989. The molecule has 0 saturated heterocycles. The van der Waals surface area contributed by atoms with Crippen LogP contribution in [0.15, 0.2) is 72.8 Å². The second-order valence-electron chi connectivity index (χ2n) is 7.18. The van der Waals surface area contributed by atoms with Crippen LogP contribution in [0.25, 0.3) is 11.1 Å². The van der Waals surface area contributed by atoms with Gasteiger partial charge < -0.3 is 19.3 Å². The van der Waals surface area contributed by atoms with E-state index in [4.69, 9.17) is 25.8 Å². The largest absolute Gasteiger partial charge is 0.493 e. The molecule has 0 heterocycles. The molecule has 5 nitrogen and oxygen atoms in total. The van der Waals surface area contributed by atoms with Gasteiger partial charge in [-0.25, -0.2) is 4.79 Å². The highest BCUT2D eigenvalue weighted by Gasteiger charge is 2.17. The van der Waals surface area contributed by atoms with Crippen LogP contribution in [0, 0.1) is 0 Å². The maximum Gasteiger partial charge on any atom is 0.335 e.